The van der Waals surface area contributed by atoms with Crippen LogP contribution in [0.1, 0.15) is 80.8 Å². The number of nitrogens with zero attached hydrogens (tertiary/aromatic N) is 9. The van der Waals surface area contributed by atoms with Gasteiger partial charge in [0.2, 0.25) is 23.6 Å². The molecule has 0 radical (unpaired) electrons. The van der Waals surface area contributed by atoms with E-state index in [1.54, 1.807) is 54.9 Å². The van der Waals surface area contributed by atoms with Gasteiger partial charge in [-0.25, -0.2) is 15.0 Å². The van der Waals surface area contributed by atoms with Crippen LogP contribution in [0.2, 0.25) is 0 Å². The van der Waals surface area contributed by atoms with E-state index in [-0.39, 0.29) is 44.5 Å². The van der Waals surface area contributed by atoms with Crippen LogP contribution in [0.25, 0.3) is 22.0 Å². The minimum atomic E-state index is -1.06. The lowest BCUT2D eigenvalue weighted by atomic mass is 9.85. The molecule has 2 aliphatic rings. The van der Waals surface area contributed by atoms with E-state index in [9.17, 15) is 29.1 Å². The van der Waals surface area contributed by atoms with E-state index in [0.717, 1.165) is 27.3 Å². The maximum Gasteiger partial charge on any atom is 0.260 e. The van der Waals surface area contributed by atoms with Crippen LogP contribution in [-0.2, 0) is 50.1 Å². The van der Waals surface area contributed by atoms with Crippen LogP contribution in [0.4, 0.5) is 11.6 Å². The van der Waals surface area contributed by atoms with Crippen molar-refractivity contribution in [2.75, 3.05) is 49.7 Å². The van der Waals surface area contributed by atoms with Gasteiger partial charge in [0.15, 0.2) is 5.82 Å². The lowest BCUT2D eigenvalue weighted by Gasteiger charge is -2.35. The molecule has 0 unspecified atom stereocenters. The van der Waals surface area contributed by atoms with Crippen LogP contribution in [0.5, 0.6) is 0 Å². The summed E-state index contributed by atoms with van der Waals surface area (Å²) in [4.78, 5) is 87.5. The van der Waals surface area contributed by atoms with Crippen molar-refractivity contribution < 1.29 is 33.8 Å². The Morgan fingerprint density at radius 2 is 1.76 bits per heavy atom. The van der Waals surface area contributed by atoms with E-state index in [0.29, 0.717) is 54.0 Å². The number of thiazole rings is 1. The highest BCUT2D eigenvalue weighted by Crippen LogP contribution is 2.33. The Balaban J connectivity index is 0.874. The average Bonchev–Trinajstić information content (AvgIpc) is 4.15. The number of benzene rings is 1. The third kappa shape index (κ3) is 12.0. The van der Waals surface area contributed by atoms with Gasteiger partial charge in [-0.15, -0.1) is 21.5 Å². The average molecular weight is 978 g/mol. The molecule has 6 heterocycles. The first-order chi connectivity index (χ1) is 33.4. The van der Waals surface area contributed by atoms with Crippen molar-refractivity contribution in [3.8, 4) is 22.0 Å². The van der Waals surface area contributed by atoms with Crippen molar-refractivity contribution in [2.24, 2.45) is 5.41 Å². The van der Waals surface area contributed by atoms with Crippen LogP contribution >= 0.6 is 11.3 Å². The molecule has 5 N–H and O–H groups in total. The summed E-state index contributed by atoms with van der Waals surface area (Å²) >= 11 is 1.56. The summed E-state index contributed by atoms with van der Waals surface area (Å²) in [5.41, 5.74) is 6.51. The number of nitrogens with one attached hydrogen (secondary N) is 4. The van der Waals surface area contributed by atoms with Gasteiger partial charge in [-0.2, -0.15) is 0 Å². The highest BCUT2D eigenvalue weighted by molar-refractivity contribution is 7.13. The third-order valence-electron chi connectivity index (χ3n) is 12.4. The van der Waals surface area contributed by atoms with Gasteiger partial charge in [-0.3, -0.25) is 28.9 Å². The molecule has 7 rings (SSSR count). The topological polar surface area (TPSA) is 242 Å². The lowest BCUT2D eigenvalue weighted by molar-refractivity contribution is -0.145. The molecule has 0 saturated carbocycles. The molecular weight excluding hydrogens is 915 g/mol. The minimum absolute atomic E-state index is 0.0571. The number of aliphatic hydroxyl groups excluding tert-OH is 1. The monoisotopic (exact) mass is 977 g/mol. The number of carbonyl (C=O) groups is 5. The molecule has 4 aromatic heterocycles. The first-order valence-electron chi connectivity index (χ1n) is 23.5. The second-order valence-corrected chi connectivity index (χ2v) is 19.7. The summed E-state index contributed by atoms with van der Waals surface area (Å²) in [7, 11) is 1.93. The fraction of sp³-hybridized carbons (Fsp3) is 0.469. The van der Waals surface area contributed by atoms with E-state index in [1.807, 2.05) is 86.7 Å². The molecule has 3 atom stereocenters. The second-order valence-electron chi connectivity index (χ2n) is 18.8. The normalized spacial score (nSPS) is 16.1. The van der Waals surface area contributed by atoms with Gasteiger partial charge in [-0.05, 0) is 62.4 Å². The van der Waals surface area contributed by atoms with E-state index >= 15 is 0 Å². The molecule has 5 amide bonds. The predicted molar refractivity (Wildman–Crippen MR) is 264 cm³/mol. The highest BCUT2D eigenvalue weighted by atomic mass is 32.1. The Hall–Kier alpha value is -6.68. The number of amides is 5. The van der Waals surface area contributed by atoms with Crippen LogP contribution in [0.15, 0.2) is 60.4 Å². The maximum absolute atomic E-state index is 14.0. The smallest absolute Gasteiger partial charge is 0.260 e. The van der Waals surface area contributed by atoms with Crippen molar-refractivity contribution >= 4 is 52.5 Å². The zero-order chi connectivity index (χ0) is 50.3. The molecule has 372 valence electrons. The van der Waals surface area contributed by atoms with Crippen LogP contribution in [0.3, 0.4) is 0 Å². The van der Waals surface area contributed by atoms with E-state index < -0.39 is 60.4 Å². The summed E-state index contributed by atoms with van der Waals surface area (Å²) in [5.74, 6) is -0.410. The van der Waals surface area contributed by atoms with E-state index in [4.69, 9.17) is 14.7 Å². The number of ether oxygens (including phenoxy) is 1. The van der Waals surface area contributed by atoms with Gasteiger partial charge in [0.05, 0.1) is 40.0 Å². The first kappa shape index (κ1) is 51.2. The van der Waals surface area contributed by atoms with Crippen LogP contribution in [0, 0.1) is 12.3 Å². The molecule has 0 spiro atoms. The van der Waals surface area contributed by atoms with Gasteiger partial charge in [0.25, 0.3) is 5.91 Å². The number of hydrogen-bond acceptors (Lipinski definition) is 15. The van der Waals surface area contributed by atoms with Gasteiger partial charge in [0.1, 0.15) is 49.0 Å². The molecule has 0 bridgehead atoms. The number of hydrogen-bond donors (Lipinski definition) is 5. The summed E-state index contributed by atoms with van der Waals surface area (Å²) in [5, 5.41) is 30.6. The standard InChI is InChI=1S/C49H63N13O7S/c1-9-60-27-54-58-45(60)36-11-10-12-39(55-36)62-24-35-34(47(62)67)20-40(59(8)29(2)3)56-37(35)22-50-17-18-51-41(64)25-69-26-42(65)57-44(49(5,6)7)48(68)61-23-33(63)19-38(61)46(66)52-21-31-13-15-32(16-14-31)43-30(4)53-28-70-43/h10-16,20,27-29,33,38,44,50,63H,9,17-19,21-26H2,1-8H3,(H,51,64)(H,52,66)(H,57,65)/t33-,38+,44-/m1/s1. The Morgan fingerprint density at radius 3 is 2.46 bits per heavy atom. The Bertz CT molecular complexity index is 2680. The summed E-state index contributed by atoms with van der Waals surface area (Å²) < 4.78 is 7.33. The van der Waals surface area contributed by atoms with Crippen LogP contribution in [-0.4, -0.2) is 133 Å². The molecular formula is C49H63N13O7S. The molecule has 0 aliphatic carbocycles. The molecule has 5 aromatic rings. The number of β-amino-alcohol motifs (C(OH)–C–C–N with tert-alkyl or cyclic N) is 1. The molecule has 1 aromatic carbocycles. The molecule has 2 aliphatic heterocycles. The SMILES string of the molecule is CCn1cnnc1-c1cccc(N2Cc3c(cc(N(C)C(C)C)nc3CNCCNC(=O)COCC(=O)N[C@H](C(=O)N3C[C@H](O)C[C@H]3C(=O)NCc3ccc(-c4scnc4C)cc3)C(C)(C)C)C2=O)n1. The number of aliphatic hydroxyl groups is 1. The van der Waals surface area contributed by atoms with Crippen molar-refractivity contribution in [1.82, 2.24) is 55.9 Å². The predicted octanol–water partition coefficient (Wildman–Crippen LogP) is 3.22. The summed E-state index contributed by atoms with van der Waals surface area (Å²) in [6, 6.07) is 13.2. The van der Waals surface area contributed by atoms with Gasteiger partial charge >= 0.3 is 0 Å². The largest absolute Gasteiger partial charge is 0.391 e. The number of anilines is 2. The zero-order valence-corrected chi connectivity index (χ0v) is 41.8. The van der Waals surface area contributed by atoms with Crippen molar-refractivity contribution in [2.45, 2.75) is 105 Å². The van der Waals surface area contributed by atoms with Gasteiger partial charge in [-0.1, -0.05) is 51.1 Å². The van der Waals surface area contributed by atoms with E-state index in [2.05, 4.69) is 36.4 Å². The van der Waals surface area contributed by atoms with Crippen molar-refractivity contribution in [3.63, 3.8) is 0 Å². The molecule has 70 heavy (non-hydrogen) atoms. The number of likely N-dealkylation sites (tertiary alicyclic amines) is 1. The van der Waals surface area contributed by atoms with Gasteiger partial charge < -0.3 is 45.5 Å². The molecule has 1 fully saturated rings. The molecule has 20 nitrogen and oxygen atoms in total. The third-order valence-corrected chi connectivity index (χ3v) is 13.4. The highest BCUT2D eigenvalue weighted by Gasteiger charge is 2.44. The molecule has 21 heteroatoms. The summed E-state index contributed by atoms with van der Waals surface area (Å²) in [6.07, 6.45) is 0.786. The Labute approximate surface area is 411 Å². The number of fused-ring (bicyclic) bond motifs is 1. The number of pyridine rings is 2. The van der Waals surface area contributed by atoms with Gasteiger partial charge in [0, 0.05) is 64.3 Å². The van der Waals surface area contributed by atoms with E-state index in [1.165, 1.54) is 4.90 Å². The fourth-order valence-electron chi connectivity index (χ4n) is 8.28. The van der Waals surface area contributed by atoms with Crippen molar-refractivity contribution in [1.29, 1.82) is 0 Å². The number of aromatic nitrogens is 6. The number of rotatable bonds is 20. The number of carbonyl (C=O) groups excluding carboxylic acids is 5. The molecule has 1 saturated heterocycles. The summed E-state index contributed by atoms with van der Waals surface area (Å²) in [6.45, 7) is 14.5. The Morgan fingerprint density at radius 1 is 1.00 bits per heavy atom. The maximum atomic E-state index is 14.0. The minimum Gasteiger partial charge on any atom is -0.391 e. The Kier molecular flexibility index (Phi) is 16.4. The fourth-order valence-corrected chi connectivity index (χ4v) is 9.09. The first-order valence-corrected chi connectivity index (χ1v) is 24.3. The lowest BCUT2D eigenvalue weighted by Crippen LogP contribution is -2.58. The second kappa shape index (κ2) is 22.4. The number of aryl methyl sites for hydroxylation is 2. The van der Waals surface area contributed by atoms with Crippen molar-refractivity contribution in [3.05, 3.63) is 88.4 Å². The van der Waals surface area contributed by atoms with Crippen LogP contribution < -0.4 is 31.1 Å². The zero-order valence-electron chi connectivity index (χ0n) is 41.0. The quantitative estimate of drug-likeness (QED) is 0.0704.